The lowest BCUT2D eigenvalue weighted by atomic mass is 10.1. The fourth-order valence-corrected chi connectivity index (χ4v) is 3.04. The van der Waals surface area contributed by atoms with Gasteiger partial charge >= 0.3 is 0 Å². The number of thioether (sulfide) groups is 1. The summed E-state index contributed by atoms with van der Waals surface area (Å²) in [5.74, 6) is 0.402. The summed E-state index contributed by atoms with van der Waals surface area (Å²) < 4.78 is 0. The van der Waals surface area contributed by atoms with Crippen LogP contribution in [0.3, 0.4) is 0 Å². The Kier molecular flexibility index (Phi) is 6.36. The first-order valence-corrected chi connectivity index (χ1v) is 8.82. The second kappa shape index (κ2) is 8.26. The average molecular weight is 332 g/mol. The van der Waals surface area contributed by atoms with Gasteiger partial charge in [-0.1, -0.05) is 36.0 Å². The molecule has 0 bridgehead atoms. The van der Waals surface area contributed by atoms with E-state index < -0.39 is 0 Å². The molecule has 0 aromatic heterocycles. The van der Waals surface area contributed by atoms with Crippen molar-refractivity contribution in [2.75, 3.05) is 5.75 Å². The molecule has 6 heteroatoms. The third-order valence-electron chi connectivity index (χ3n) is 3.61. The molecule has 1 N–H and O–H groups in total. The Hall–Kier alpha value is -1.66. The van der Waals surface area contributed by atoms with E-state index in [4.69, 9.17) is 0 Å². The Labute approximate surface area is 142 Å². The van der Waals surface area contributed by atoms with E-state index in [0.29, 0.717) is 23.0 Å². The second-order valence-electron chi connectivity index (χ2n) is 6.09. The highest BCUT2D eigenvalue weighted by atomic mass is 32.2. The minimum absolute atomic E-state index is 0.0202. The first-order chi connectivity index (χ1) is 11.0. The van der Waals surface area contributed by atoms with Crippen molar-refractivity contribution in [1.82, 2.24) is 10.2 Å². The standard InChI is InChI=1S/C17H24N4OS/c1-12(2)21(13(3)4)10-15-7-5-14(6-8-15)9-18-20-17-19-16(22)11-23-17/h5-9,12-13H,10-11H2,1-4H3,(H,19,20,22). The predicted octanol–water partition coefficient (Wildman–Crippen LogP) is 2.86. The average Bonchev–Trinajstić information content (AvgIpc) is 2.91. The van der Waals surface area contributed by atoms with Crippen LogP contribution in [0, 0.1) is 0 Å². The van der Waals surface area contributed by atoms with Gasteiger partial charge in [0.1, 0.15) is 0 Å². The van der Waals surface area contributed by atoms with Crippen molar-refractivity contribution in [2.45, 2.75) is 46.3 Å². The van der Waals surface area contributed by atoms with Crippen LogP contribution in [0.15, 0.2) is 34.5 Å². The molecule has 0 aliphatic carbocycles. The van der Waals surface area contributed by atoms with Gasteiger partial charge in [0.2, 0.25) is 5.91 Å². The van der Waals surface area contributed by atoms with Gasteiger partial charge < -0.3 is 5.32 Å². The van der Waals surface area contributed by atoms with E-state index in [1.807, 2.05) is 12.1 Å². The Bertz CT molecular complexity index is 585. The van der Waals surface area contributed by atoms with Crippen molar-refractivity contribution in [3.05, 3.63) is 35.4 Å². The normalized spacial score (nSPS) is 17.2. The number of amides is 1. The van der Waals surface area contributed by atoms with Gasteiger partial charge in [-0.25, -0.2) is 0 Å². The molecule has 0 atom stereocenters. The molecule has 1 fully saturated rings. The Balaban J connectivity index is 1.95. The zero-order valence-corrected chi connectivity index (χ0v) is 14.9. The molecular weight excluding hydrogens is 308 g/mol. The van der Waals surface area contributed by atoms with Crippen LogP contribution in [0.4, 0.5) is 0 Å². The number of amidine groups is 1. The number of benzene rings is 1. The number of carbonyl (C=O) groups is 1. The molecule has 1 heterocycles. The molecule has 1 aromatic rings. The van der Waals surface area contributed by atoms with E-state index in [0.717, 1.165) is 12.1 Å². The Morgan fingerprint density at radius 2 is 1.87 bits per heavy atom. The molecule has 0 saturated carbocycles. The lowest BCUT2D eigenvalue weighted by Crippen LogP contribution is -2.36. The lowest BCUT2D eigenvalue weighted by molar-refractivity contribution is -0.116. The zero-order valence-electron chi connectivity index (χ0n) is 14.1. The Morgan fingerprint density at radius 1 is 1.22 bits per heavy atom. The van der Waals surface area contributed by atoms with Crippen LogP contribution in [0.5, 0.6) is 0 Å². The molecule has 23 heavy (non-hydrogen) atoms. The molecule has 1 aliphatic heterocycles. The van der Waals surface area contributed by atoms with Crippen molar-refractivity contribution in [3.63, 3.8) is 0 Å². The van der Waals surface area contributed by atoms with Crippen LogP contribution in [0.2, 0.25) is 0 Å². The van der Waals surface area contributed by atoms with E-state index in [9.17, 15) is 4.79 Å². The number of carbonyl (C=O) groups excluding carboxylic acids is 1. The van der Waals surface area contributed by atoms with Crippen LogP contribution in [0.1, 0.15) is 38.8 Å². The van der Waals surface area contributed by atoms with E-state index in [2.05, 4.69) is 60.2 Å². The molecule has 0 spiro atoms. The van der Waals surface area contributed by atoms with Gasteiger partial charge in [0.25, 0.3) is 0 Å². The molecule has 1 aromatic carbocycles. The quantitative estimate of drug-likeness (QED) is 0.644. The summed E-state index contributed by atoms with van der Waals surface area (Å²) in [6, 6.07) is 9.37. The maximum absolute atomic E-state index is 11.0. The highest BCUT2D eigenvalue weighted by molar-refractivity contribution is 8.15. The molecule has 0 radical (unpaired) electrons. The summed E-state index contributed by atoms with van der Waals surface area (Å²) in [6.45, 7) is 9.83. The highest BCUT2D eigenvalue weighted by Gasteiger charge is 2.16. The summed E-state index contributed by atoms with van der Waals surface area (Å²) in [6.07, 6.45) is 1.70. The molecular formula is C17H24N4OS. The minimum Gasteiger partial charge on any atom is -0.303 e. The topological polar surface area (TPSA) is 57.1 Å². The van der Waals surface area contributed by atoms with Crippen molar-refractivity contribution in [1.29, 1.82) is 0 Å². The third kappa shape index (κ3) is 5.48. The maximum Gasteiger partial charge on any atom is 0.236 e. The van der Waals surface area contributed by atoms with Crippen LogP contribution < -0.4 is 5.32 Å². The number of nitrogens with zero attached hydrogens (tertiary/aromatic N) is 3. The van der Waals surface area contributed by atoms with E-state index in [1.54, 1.807) is 6.21 Å². The lowest BCUT2D eigenvalue weighted by Gasteiger charge is -2.30. The molecule has 1 amide bonds. The fraction of sp³-hybridized carbons (Fsp3) is 0.471. The SMILES string of the molecule is CC(C)N(Cc1ccc(C=NN=C2NC(=O)CS2)cc1)C(C)C. The van der Waals surface area contributed by atoms with Gasteiger partial charge in [-0.2, -0.15) is 5.10 Å². The largest absolute Gasteiger partial charge is 0.303 e. The van der Waals surface area contributed by atoms with Gasteiger partial charge in [0, 0.05) is 18.6 Å². The summed E-state index contributed by atoms with van der Waals surface area (Å²) >= 11 is 1.37. The predicted molar refractivity (Wildman–Crippen MR) is 97.9 cm³/mol. The number of rotatable bonds is 6. The molecule has 1 aliphatic rings. The van der Waals surface area contributed by atoms with Crippen molar-refractivity contribution >= 4 is 29.1 Å². The van der Waals surface area contributed by atoms with Gasteiger partial charge in [0.15, 0.2) is 5.17 Å². The smallest absolute Gasteiger partial charge is 0.236 e. The summed E-state index contributed by atoms with van der Waals surface area (Å²) in [5.41, 5.74) is 2.28. The monoisotopic (exact) mass is 332 g/mol. The van der Waals surface area contributed by atoms with E-state index >= 15 is 0 Å². The van der Waals surface area contributed by atoms with Crippen molar-refractivity contribution in [2.24, 2.45) is 10.2 Å². The molecule has 124 valence electrons. The van der Waals surface area contributed by atoms with Crippen LogP contribution in [-0.4, -0.2) is 40.0 Å². The minimum atomic E-state index is -0.0202. The van der Waals surface area contributed by atoms with Crippen LogP contribution >= 0.6 is 11.8 Å². The Morgan fingerprint density at radius 3 is 2.39 bits per heavy atom. The van der Waals surface area contributed by atoms with Crippen molar-refractivity contribution in [3.8, 4) is 0 Å². The van der Waals surface area contributed by atoms with Crippen LogP contribution in [-0.2, 0) is 11.3 Å². The molecule has 0 unspecified atom stereocenters. The second-order valence-corrected chi connectivity index (χ2v) is 7.05. The molecule has 2 rings (SSSR count). The molecule has 1 saturated heterocycles. The van der Waals surface area contributed by atoms with Crippen LogP contribution in [0.25, 0.3) is 0 Å². The highest BCUT2D eigenvalue weighted by Crippen LogP contribution is 2.13. The number of nitrogens with one attached hydrogen (secondary N) is 1. The fourth-order valence-electron chi connectivity index (χ4n) is 2.41. The first kappa shape index (κ1) is 17.7. The van der Waals surface area contributed by atoms with Gasteiger partial charge in [-0.05, 0) is 38.8 Å². The van der Waals surface area contributed by atoms with E-state index in [-0.39, 0.29) is 5.91 Å². The maximum atomic E-state index is 11.0. The van der Waals surface area contributed by atoms with Crippen molar-refractivity contribution < 1.29 is 4.79 Å². The first-order valence-electron chi connectivity index (χ1n) is 7.84. The summed E-state index contributed by atoms with van der Waals surface area (Å²) in [7, 11) is 0. The van der Waals surface area contributed by atoms with Gasteiger partial charge in [-0.3, -0.25) is 9.69 Å². The van der Waals surface area contributed by atoms with Gasteiger partial charge in [0.05, 0.1) is 12.0 Å². The number of hydrogen-bond acceptors (Lipinski definition) is 5. The van der Waals surface area contributed by atoms with Gasteiger partial charge in [-0.15, -0.1) is 5.10 Å². The summed E-state index contributed by atoms with van der Waals surface area (Å²) in [5, 5.41) is 11.2. The summed E-state index contributed by atoms with van der Waals surface area (Å²) in [4.78, 5) is 13.5. The number of hydrogen-bond donors (Lipinski definition) is 1. The zero-order chi connectivity index (χ0) is 16.8. The molecule has 5 nitrogen and oxygen atoms in total. The third-order valence-corrected chi connectivity index (χ3v) is 4.48. The van der Waals surface area contributed by atoms with E-state index in [1.165, 1.54) is 17.3 Å².